The van der Waals surface area contributed by atoms with Crippen LogP contribution in [0.2, 0.25) is 5.82 Å². The van der Waals surface area contributed by atoms with Crippen LogP contribution in [0.15, 0.2) is 23.6 Å². The van der Waals surface area contributed by atoms with Gasteiger partial charge in [0.2, 0.25) is 0 Å². The average molecular weight is 197 g/mol. The molecule has 0 saturated heterocycles. The molecular weight excluding hydrogens is 185 g/mol. The van der Waals surface area contributed by atoms with Crippen LogP contribution in [-0.2, 0) is 4.89 Å². The van der Waals surface area contributed by atoms with Crippen molar-refractivity contribution in [2.75, 3.05) is 0 Å². The van der Waals surface area contributed by atoms with E-state index in [1.165, 1.54) is 0 Å². The number of nitrogens with two attached hydrogens (primary N) is 1. The highest BCUT2D eigenvalue weighted by Crippen LogP contribution is 2.27. The summed E-state index contributed by atoms with van der Waals surface area (Å²) in [6.07, 6.45) is 6.07. The van der Waals surface area contributed by atoms with Crippen molar-refractivity contribution < 1.29 is 10.1 Å². The van der Waals surface area contributed by atoms with Crippen LogP contribution in [0.3, 0.4) is 0 Å². The zero-order valence-corrected chi connectivity index (χ0v) is 7.98. The smallest absolute Gasteiger partial charge is 0.102 e. The van der Waals surface area contributed by atoms with E-state index in [2.05, 4.69) is 4.89 Å². The maximum atomic E-state index is 8.62. The molecule has 0 aliphatic heterocycles. The highest BCUT2D eigenvalue weighted by atomic mass is 32.2. The monoisotopic (exact) mass is 197 g/mol. The van der Waals surface area contributed by atoms with Gasteiger partial charge < -0.3 is 0 Å². The van der Waals surface area contributed by atoms with Gasteiger partial charge in [0.25, 0.3) is 0 Å². The maximum Gasteiger partial charge on any atom is 0.102 e. The molecule has 2 radical (unpaired) electrons. The lowest BCUT2D eigenvalue weighted by Gasteiger charge is -2.25. The number of rotatable bonds is 3. The Bertz CT molecular complexity index is 210. The summed E-state index contributed by atoms with van der Waals surface area (Å²) in [6, 6.07) is 0. The molecule has 0 aromatic heterocycles. The minimum atomic E-state index is -0.261. The molecule has 0 heterocycles. The first-order valence-corrected chi connectivity index (χ1v) is 4.98. The molecule has 0 spiro atoms. The molecule has 0 aromatic rings. The van der Waals surface area contributed by atoms with Crippen LogP contribution < -0.4 is 5.14 Å². The van der Waals surface area contributed by atoms with Crippen LogP contribution in [0.25, 0.3) is 0 Å². The Hall–Kier alpha value is -0.225. The van der Waals surface area contributed by atoms with Gasteiger partial charge in [-0.3, -0.25) is 10.4 Å². The van der Waals surface area contributed by atoms with Gasteiger partial charge >= 0.3 is 0 Å². The Morgan fingerprint density at radius 3 is 3.00 bits per heavy atom. The van der Waals surface area contributed by atoms with Crippen molar-refractivity contribution in [3.05, 3.63) is 23.6 Å². The zero-order chi connectivity index (χ0) is 9.68. The fourth-order valence-corrected chi connectivity index (χ4v) is 1.61. The molecule has 3 nitrogen and oxygen atoms in total. The summed E-state index contributed by atoms with van der Waals surface area (Å²) in [4.78, 5) is 4.34. The second-order valence-electron chi connectivity index (χ2n) is 2.97. The van der Waals surface area contributed by atoms with E-state index < -0.39 is 0 Å². The number of hydrogen-bond acceptors (Lipinski definition) is 4. The molecule has 0 fully saturated rings. The minimum absolute atomic E-state index is 0.0349. The quantitative estimate of drug-likeness (QED) is 0.236. The van der Waals surface area contributed by atoms with Gasteiger partial charge in [-0.05, 0) is 11.8 Å². The van der Waals surface area contributed by atoms with Crippen molar-refractivity contribution in [3.63, 3.8) is 0 Å². The van der Waals surface area contributed by atoms with Crippen molar-refractivity contribution in [1.29, 1.82) is 0 Å². The second kappa shape index (κ2) is 5.49. The van der Waals surface area contributed by atoms with E-state index in [0.717, 1.165) is 11.9 Å². The Morgan fingerprint density at radius 1 is 1.62 bits per heavy atom. The fourth-order valence-electron chi connectivity index (χ4n) is 1.34. The van der Waals surface area contributed by atoms with Crippen molar-refractivity contribution in [2.45, 2.75) is 18.3 Å². The average Bonchev–Trinajstić information content (AvgIpc) is 2.16. The van der Waals surface area contributed by atoms with Crippen LogP contribution in [0.4, 0.5) is 0 Å². The minimum Gasteiger partial charge on any atom is -0.274 e. The van der Waals surface area contributed by atoms with Gasteiger partial charge in [-0.25, -0.2) is 4.89 Å². The van der Waals surface area contributed by atoms with Gasteiger partial charge in [0.15, 0.2) is 0 Å². The van der Waals surface area contributed by atoms with Gasteiger partial charge in [-0.15, -0.1) is 0 Å². The van der Waals surface area contributed by atoms with Crippen LogP contribution in [-0.4, -0.2) is 19.2 Å². The topological polar surface area (TPSA) is 55.5 Å². The number of allylic oxidation sites excluding steroid dienone is 1. The lowest BCUT2D eigenvalue weighted by atomic mass is 9.75. The molecule has 0 bridgehead atoms. The maximum absolute atomic E-state index is 8.62. The molecular formula is C8H12BNO2S. The molecule has 1 aliphatic carbocycles. The second-order valence-corrected chi connectivity index (χ2v) is 3.51. The Balaban J connectivity index is 2.60. The third kappa shape index (κ3) is 3.19. The van der Waals surface area contributed by atoms with Crippen LogP contribution in [0, 0.1) is 5.92 Å². The highest BCUT2D eigenvalue weighted by molar-refractivity contribution is 7.99. The molecule has 1 rings (SSSR count). The molecule has 0 aromatic carbocycles. The molecule has 0 saturated carbocycles. The van der Waals surface area contributed by atoms with Crippen molar-refractivity contribution in [3.8, 4) is 0 Å². The summed E-state index contributed by atoms with van der Waals surface area (Å²) in [5, 5.41) is 15.6. The molecule has 5 heteroatoms. The summed E-state index contributed by atoms with van der Waals surface area (Å²) < 4.78 is 0. The number of hydrogen-bond donors (Lipinski definition) is 2. The summed E-state index contributed by atoms with van der Waals surface area (Å²) in [7, 11) is 5.66. The Kier molecular flexibility index (Phi) is 4.59. The summed E-state index contributed by atoms with van der Waals surface area (Å²) in [5.41, 5.74) is 0. The zero-order valence-electron chi connectivity index (χ0n) is 7.17. The van der Waals surface area contributed by atoms with E-state index in [0.29, 0.717) is 6.42 Å². The summed E-state index contributed by atoms with van der Waals surface area (Å²) in [5.74, 6) is 0.0215. The predicted octanol–water partition coefficient (Wildman–Crippen LogP) is 1.50. The molecule has 13 heavy (non-hydrogen) atoms. The first kappa shape index (κ1) is 10.9. The lowest BCUT2D eigenvalue weighted by molar-refractivity contribution is -0.285. The van der Waals surface area contributed by atoms with Crippen molar-refractivity contribution in [2.24, 2.45) is 11.1 Å². The third-order valence-electron chi connectivity index (χ3n) is 2.03. The predicted molar refractivity (Wildman–Crippen MR) is 55.2 cm³/mol. The molecule has 3 atom stereocenters. The lowest BCUT2D eigenvalue weighted by Crippen LogP contribution is -2.24. The van der Waals surface area contributed by atoms with Crippen molar-refractivity contribution >= 4 is 19.8 Å². The van der Waals surface area contributed by atoms with Crippen LogP contribution in [0.1, 0.15) is 6.42 Å². The summed E-state index contributed by atoms with van der Waals surface area (Å²) in [6.45, 7) is 0. The van der Waals surface area contributed by atoms with Gasteiger partial charge in [0.05, 0.1) is 7.85 Å². The Morgan fingerprint density at radius 2 is 2.38 bits per heavy atom. The van der Waals surface area contributed by atoms with Gasteiger partial charge in [0.1, 0.15) is 6.10 Å². The van der Waals surface area contributed by atoms with Gasteiger partial charge in [0, 0.05) is 5.92 Å². The SMILES string of the molecule is [B]C1C=CC(C=CSN)C(OO)C1. The molecule has 3 N–H and O–H groups in total. The van der Waals surface area contributed by atoms with Crippen molar-refractivity contribution in [1.82, 2.24) is 0 Å². The molecule has 1 aliphatic rings. The van der Waals surface area contributed by atoms with Gasteiger partial charge in [-0.2, -0.15) is 0 Å². The van der Waals surface area contributed by atoms with E-state index in [-0.39, 0.29) is 17.8 Å². The highest BCUT2D eigenvalue weighted by Gasteiger charge is 2.23. The Labute approximate surface area is 83.5 Å². The van der Waals surface area contributed by atoms with E-state index in [1.54, 1.807) is 5.41 Å². The fraction of sp³-hybridized carbons (Fsp3) is 0.500. The summed E-state index contributed by atoms with van der Waals surface area (Å²) >= 11 is 1.13. The standard InChI is InChI=1S/C8H12BNO2S/c9-7-2-1-6(3-4-13-10)8(5-7)12-11/h1-4,6-8,11H,5,10H2. The molecule has 70 valence electrons. The van der Waals surface area contributed by atoms with E-state index in [9.17, 15) is 0 Å². The third-order valence-corrected chi connectivity index (χ3v) is 2.34. The molecule has 3 unspecified atom stereocenters. The first-order valence-electron chi connectivity index (χ1n) is 4.04. The van der Waals surface area contributed by atoms with E-state index in [4.69, 9.17) is 18.2 Å². The first-order chi connectivity index (χ1) is 6.27. The van der Waals surface area contributed by atoms with Crippen LogP contribution >= 0.6 is 11.9 Å². The van der Waals surface area contributed by atoms with E-state index >= 15 is 0 Å². The van der Waals surface area contributed by atoms with Crippen LogP contribution in [0.5, 0.6) is 0 Å². The normalized spacial score (nSPS) is 34.2. The molecule has 0 amide bonds. The van der Waals surface area contributed by atoms with E-state index in [1.807, 2.05) is 18.2 Å². The largest absolute Gasteiger partial charge is 0.274 e. The van der Waals surface area contributed by atoms with Gasteiger partial charge in [-0.1, -0.05) is 36.0 Å².